The molecule has 0 saturated carbocycles. The zero-order chi connectivity index (χ0) is 19.4. The lowest BCUT2D eigenvalue weighted by Crippen LogP contribution is -2.17. The van der Waals surface area contributed by atoms with Gasteiger partial charge in [0.25, 0.3) is 0 Å². The molecule has 27 heavy (non-hydrogen) atoms. The molecular formula is C20H18FN3O3. The van der Waals surface area contributed by atoms with Gasteiger partial charge in [-0.3, -0.25) is 5.32 Å². The normalized spacial score (nSPS) is 10.4. The molecule has 0 aliphatic carbocycles. The molecule has 1 heterocycles. The van der Waals surface area contributed by atoms with E-state index in [2.05, 4.69) is 11.4 Å². The quantitative estimate of drug-likeness (QED) is 0.724. The zero-order valence-corrected chi connectivity index (χ0v) is 15.0. The van der Waals surface area contributed by atoms with Crippen LogP contribution in [0.25, 0.3) is 10.9 Å². The molecule has 0 bridgehead atoms. The lowest BCUT2D eigenvalue weighted by atomic mass is 10.2. The van der Waals surface area contributed by atoms with Crippen LogP contribution in [-0.2, 0) is 17.9 Å². The van der Waals surface area contributed by atoms with Crippen LogP contribution in [0.3, 0.4) is 0 Å². The molecule has 1 aromatic heterocycles. The van der Waals surface area contributed by atoms with Gasteiger partial charge in [0.1, 0.15) is 35.6 Å². The molecule has 6 nitrogen and oxygen atoms in total. The van der Waals surface area contributed by atoms with Gasteiger partial charge >= 0.3 is 6.09 Å². The summed E-state index contributed by atoms with van der Waals surface area (Å²) in [5.41, 5.74) is 1.65. The number of aromatic nitrogens is 1. The largest absolute Gasteiger partial charge is 0.497 e. The molecule has 0 unspecified atom stereocenters. The number of fused-ring (bicyclic) bond motifs is 1. The lowest BCUT2D eigenvalue weighted by molar-refractivity contribution is 0.155. The summed E-state index contributed by atoms with van der Waals surface area (Å²) in [6.07, 6.45) is -0.722. The van der Waals surface area contributed by atoms with Crippen LogP contribution < -0.4 is 10.1 Å². The van der Waals surface area contributed by atoms with Crippen LogP contribution in [0.1, 0.15) is 18.1 Å². The number of aryl methyl sites for hydroxylation is 1. The van der Waals surface area contributed by atoms with Crippen LogP contribution in [-0.4, -0.2) is 17.8 Å². The van der Waals surface area contributed by atoms with E-state index >= 15 is 0 Å². The van der Waals surface area contributed by atoms with Crippen molar-refractivity contribution in [3.05, 3.63) is 59.4 Å². The number of rotatable bonds is 5. The maximum absolute atomic E-state index is 13.2. The maximum Gasteiger partial charge on any atom is 0.413 e. The third kappa shape index (κ3) is 3.70. The van der Waals surface area contributed by atoms with Gasteiger partial charge in [0.15, 0.2) is 0 Å². The number of nitrogens with one attached hydrogen (secondary N) is 1. The van der Waals surface area contributed by atoms with Gasteiger partial charge in [0.2, 0.25) is 0 Å². The van der Waals surface area contributed by atoms with Crippen molar-refractivity contribution in [3.8, 4) is 11.8 Å². The van der Waals surface area contributed by atoms with Gasteiger partial charge in [0.05, 0.1) is 12.6 Å². The number of benzene rings is 2. The number of anilines is 1. The van der Waals surface area contributed by atoms with E-state index in [1.807, 2.05) is 13.0 Å². The van der Waals surface area contributed by atoms with Crippen LogP contribution in [0.2, 0.25) is 0 Å². The Kier molecular flexibility index (Phi) is 5.27. The molecule has 0 aliphatic rings. The minimum atomic E-state index is -0.722. The molecule has 0 atom stereocenters. The smallest absolute Gasteiger partial charge is 0.413 e. The average Bonchev–Trinajstić information content (AvgIpc) is 2.97. The van der Waals surface area contributed by atoms with Crippen LogP contribution in [0.15, 0.2) is 42.5 Å². The Bertz CT molecular complexity index is 1040. The van der Waals surface area contributed by atoms with Crippen LogP contribution in [0.4, 0.5) is 15.0 Å². The van der Waals surface area contributed by atoms with Crippen molar-refractivity contribution >= 4 is 22.8 Å². The third-order valence-electron chi connectivity index (χ3n) is 4.18. The van der Waals surface area contributed by atoms with Crippen molar-refractivity contribution in [1.29, 1.82) is 5.26 Å². The molecule has 0 aliphatic heterocycles. The highest BCUT2D eigenvalue weighted by molar-refractivity contribution is 5.97. The van der Waals surface area contributed by atoms with Crippen molar-refractivity contribution in [3.63, 3.8) is 0 Å². The number of nitriles is 1. The van der Waals surface area contributed by atoms with E-state index in [4.69, 9.17) is 9.47 Å². The summed E-state index contributed by atoms with van der Waals surface area (Å²) < 4.78 is 25.4. The van der Waals surface area contributed by atoms with Gasteiger partial charge in [-0.25, -0.2) is 9.18 Å². The Balaban J connectivity index is 1.87. The first-order chi connectivity index (χ1) is 13.1. The standard InChI is InChI=1S/C20H18FN3O3/c1-3-24-18-10-15(26-2)7-8-16(18)17(11-22)19(24)23-20(25)27-12-13-5-4-6-14(21)9-13/h4-10H,3,12H2,1-2H3,(H,23,25). The lowest BCUT2D eigenvalue weighted by Gasteiger charge is -2.11. The monoisotopic (exact) mass is 367 g/mol. The predicted octanol–water partition coefficient (Wildman–Crippen LogP) is 4.43. The first-order valence-electron chi connectivity index (χ1n) is 8.36. The second-order valence-electron chi connectivity index (χ2n) is 5.79. The molecule has 3 aromatic rings. The molecule has 1 amide bonds. The molecule has 0 fully saturated rings. The highest BCUT2D eigenvalue weighted by atomic mass is 19.1. The fourth-order valence-electron chi connectivity index (χ4n) is 2.94. The average molecular weight is 367 g/mol. The second kappa shape index (κ2) is 7.79. The van der Waals surface area contributed by atoms with Crippen molar-refractivity contribution in [2.75, 3.05) is 12.4 Å². The Morgan fingerprint density at radius 1 is 1.30 bits per heavy atom. The van der Waals surface area contributed by atoms with Gasteiger partial charge in [-0.15, -0.1) is 0 Å². The fraction of sp³-hybridized carbons (Fsp3) is 0.200. The van der Waals surface area contributed by atoms with Crippen LogP contribution in [0.5, 0.6) is 5.75 Å². The highest BCUT2D eigenvalue weighted by Crippen LogP contribution is 2.32. The molecule has 7 heteroatoms. The van der Waals surface area contributed by atoms with Crippen molar-refractivity contribution in [2.45, 2.75) is 20.1 Å². The van der Waals surface area contributed by atoms with Crippen molar-refractivity contribution < 1.29 is 18.7 Å². The van der Waals surface area contributed by atoms with E-state index < -0.39 is 11.9 Å². The number of halogens is 1. The maximum atomic E-state index is 13.2. The number of ether oxygens (including phenoxy) is 2. The molecular weight excluding hydrogens is 349 g/mol. The molecule has 1 N–H and O–H groups in total. The SMILES string of the molecule is CCn1c(NC(=O)OCc2cccc(F)c2)c(C#N)c2ccc(OC)cc21. The number of hydrogen-bond donors (Lipinski definition) is 1. The summed E-state index contributed by atoms with van der Waals surface area (Å²) >= 11 is 0. The molecule has 3 rings (SSSR count). The highest BCUT2D eigenvalue weighted by Gasteiger charge is 2.19. The van der Waals surface area contributed by atoms with E-state index in [-0.39, 0.29) is 6.61 Å². The Labute approximate surface area is 155 Å². The van der Waals surface area contributed by atoms with E-state index in [0.29, 0.717) is 34.6 Å². The van der Waals surface area contributed by atoms with Gasteiger partial charge in [0, 0.05) is 18.0 Å². The number of carbonyl (C=O) groups excluding carboxylic acids is 1. The summed E-state index contributed by atoms with van der Waals surface area (Å²) in [6.45, 7) is 2.36. The number of nitrogens with zero attached hydrogens (tertiary/aromatic N) is 2. The molecule has 2 aromatic carbocycles. The van der Waals surface area contributed by atoms with Gasteiger partial charge in [-0.2, -0.15) is 5.26 Å². The van der Waals surface area contributed by atoms with Gasteiger partial charge in [-0.1, -0.05) is 12.1 Å². The number of methoxy groups -OCH3 is 1. The number of amides is 1. The van der Waals surface area contributed by atoms with Gasteiger partial charge in [-0.05, 0) is 36.8 Å². The fourth-order valence-corrected chi connectivity index (χ4v) is 2.94. The topological polar surface area (TPSA) is 76.3 Å². The van der Waals surface area contributed by atoms with Crippen LogP contribution >= 0.6 is 0 Å². The number of carbonyl (C=O) groups is 1. The van der Waals surface area contributed by atoms with E-state index in [1.54, 1.807) is 35.9 Å². The second-order valence-corrected chi connectivity index (χ2v) is 5.79. The molecule has 0 radical (unpaired) electrons. The van der Waals surface area contributed by atoms with E-state index in [9.17, 15) is 14.4 Å². The first kappa shape index (κ1) is 18.3. The molecule has 0 spiro atoms. The van der Waals surface area contributed by atoms with Crippen LogP contribution in [0, 0.1) is 17.1 Å². The summed E-state index contributed by atoms with van der Waals surface area (Å²) in [7, 11) is 1.56. The minimum absolute atomic E-state index is 0.0777. The summed E-state index contributed by atoms with van der Waals surface area (Å²) in [5, 5.41) is 12.9. The number of hydrogen-bond acceptors (Lipinski definition) is 4. The summed E-state index contributed by atoms with van der Waals surface area (Å²) in [4.78, 5) is 12.2. The Morgan fingerprint density at radius 3 is 2.78 bits per heavy atom. The molecule has 138 valence electrons. The Morgan fingerprint density at radius 2 is 2.11 bits per heavy atom. The summed E-state index contributed by atoms with van der Waals surface area (Å²) in [6, 6.07) is 13.3. The zero-order valence-electron chi connectivity index (χ0n) is 15.0. The van der Waals surface area contributed by atoms with Crippen molar-refractivity contribution in [1.82, 2.24) is 4.57 Å². The minimum Gasteiger partial charge on any atom is -0.497 e. The first-order valence-corrected chi connectivity index (χ1v) is 8.36. The van der Waals surface area contributed by atoms with Gasteiger partial charge < -0.3 is 14.0 Å². The van der Waals surface area contributed by atoms with E-state index in [1.165, 1.54) is 12.1 Å². The summed E-state index contributed by atoms with van der Waals surface area (Å²) in [5.74, 6) is 0.607. The predicted molar refractivity (Wildman–Crippen MR) is 99.1 cm³/mol. The molecule has 0 saturated heterocycles. The van der Waals surface area contributed by atoms with E-state index in [0.717, 1.165) is 5.52 Å². The Hall–Kier alpha value is -3.53. The van der Waals surface area contributed by atoms with Crippen molar-refractivity contribution in [2.24, 2.45) is 0 Å². The third-order valence-corrected chi connectivity index (χ3v) is 4.18.